The van der Waals surface area contributed by atoms with Crippen LogP contribution in [-0.4, -0.2) is 25.5 Å². The van der Waals surface area contributed by atoms with Crippen LogP contribution in [0.3, 0.4) is 0 Å². The number of hydrogen-bond acceptors (Lipinski definition) is 4. The van der Waals surface area contributed by atoms with Gasteiger partial charge >= 0.3 is 10.4 Å². The maximum Gasteiger partial charge on any atom is 0.397 e. The van der Waals surface area contributed by atoms with Gasteiger partial charge in [0.15, 0.2) is 0 Å². The van der Waals surface area contributed by atoms with Gasteiger partial charge in [-0.1, -0.05) is 0 Å². The Bertz CT molecular complexity index is 193. The molecule has 54 valence electrons. The van der Waals surface area contributed by atoms with Crippen molar-refractivity contribution in [2.75, 3.05) is 6.61 Å². The summed E-state index contributed by atoms with van der Waals surface area (Å²) < 4.78 is 30.7. The molecule has 0 aliphatic rings. The van der Waals surface area contributed by atoms with Crippen molar-refractivity contribution in [2.45, 2.75) is 0 Å². The van der Waals surface area contributed by atoms with E-state index in [1.807, 2.05) is 0 Å². The summed E-state index contributed by atoms with van der Waals surface area (Å²) in [7, 11) is -4.52. The molecule has 3 N–H and O–H groups in total. The second kappa shape index (κ2) is 2.76. The fourth-order valence-corrected chi connectivity index (χ4v) is 0.398. The lowest BCUT2D eigenvalue weighted by atomic mass is 10.7. The van der Waals surface area contributed by atoms with Gasteiger partial charge in [-0.05, 0) is 0 Å². The van der Waals surface area contributed by atoms with E-state index in [0.717, 1.165) is 0 Å². The summed E-state index contributed by atoms with van der Waals surface area (Å²) in [5.74, 6) is -0.965. The Morgan fingerprint density at radius 1 is 1.67 bits per heavy atom. The van der Waals surface area contributed by atoms with E-state index in [-0.39, 0.29) is 0 Å². The van der Waals surface area contributed by atoms with Crippen LogP contribution in [0.25, 0.3) is 0 Å². The topological polar surface area (TPSA) is 107 Å². The summed E-state index contributed by atoms with van der Waals surface area (Å²) in [6.07, 6.45) is 0. The van der Waals surface area contributed by atoms with Crippen LogP contribution in [-0.2, 0) is 19.4 Å². The summed E-state index contributed by atoms with van der Waals surface area (Å²) in [5.41, 5.74) is 4.46. The minimum absolute atomic E-state index is 0.834. The Balaban J connectivity index is 3.67. The van der Waals surface area contributed by atoms with Crippen molar-refractivity contribution >= 4 is 16.3 Å². The Morgan fingerprint density at radius 2 is 2.11 bits per heavy atom. The van der Waals surface area contributed by atoms with Gasteiger partial charge in [-0.3, -0.25) is 9.35 Å². The van der Waals surface area contributed by atoms with E-state index in [1.54, 1.807) is 0 Å². The molecule has 0 unspecified atom stereocenters. The molecule has 0 aromatic rings. The number of hydrogen-bond donors (Lipinski definition) is 2. The molecule has 0 fully saturated rings. The first-order valence-corrected chi connectivity index (χ1v) is 3.18. The molecule has 1 amide bonds. The fourth-order valence-electron chi connectivity index (χ4n) is 0.133. The van der Waals surface area contributed by atoms with Crippen LogP contribution in [0.15, 0.2) is 0 Å². The number of carbonyl (C=O) groups is 1. The second-order valence-corrected chi connectivity index (χ2v) is 2.25. The normalized spacial score (nSPS) is 11.2. The van der Waals surface area contributed by atoms with Crippen molar-refractivity contribution in [2.24, 2.45) is 5.73 Å². The molecule has 9 heavy (non-hydrogen) atoms. The maximum absolute atomic E-state index is 9.77. The average molecular weight is 155 g/mol. The quantitative estimate of drug-likeness (QED) is 0.472. The molecule has 0 bridgehead atoms. The molecule has 0 spiro atoms. The van der Waals surface area contributed by atoms with Gasteiger partial charge < -0.3 is 5.73 Å². The standard InChI is InChI=1S/C2H5NO5S/c3-2(4)1-8-9(5,6)7/h1H2,(H2,3,4)(H,5,6,7). The summed E-state index contributed by atoms with van der Waals surface area (Å²) in [5, 5.41) is 0. The summed E-state index contributed by atoms with van der Waals surface area (Å²) >= 11 is 0. The van der Waals surface area contributed by atoms with Crippen LogP contribution >= 0.6 is 0 Å². The van der Waals surface area contributed by atoms with E-state index in [2.05, 4.69) is 9.92 Å². The zero-order chi connectivity index (χ0) is 7.49. The van der Waals surface area contributed by atoms with Crippen LogP contribution < -0.4 is 5.73 Å². The van der Waals surface area contributed by atoms with Crippen molar-refractivity contribution in [3.8, 4) is 0 Å². The Labute approximate surface area is 51.6 Å². The van der Waals surface area contributed by atoms with Gasteiger partial charge in [0.25, 0.3) is 0 Å². The lowest BCUT2D eigenvalue weighted by molar-refractivity contribution is -0.120. The number of primary amides is 1. The summed E-state index contributed by atoms with van der Waals surface area (Å²) in [6, 6.07) is 0. The third-order valence-corrected chi connectivity index (χ3v) is 0.766. The summed E-state index contributed by atoms with van der Waals surface area (Å²) in [6.45, 7) is -0.834. The van der Waals surface area contributed by atoms with Gasteiger partial charge in [0.2, 0.25) is 5.91 Å². The highest BCUT2D eigenvalue weighted by Crippen LogP contribution is 1.82. The highest BCUT2D eigenvalue weighted by Gasteiger charge is 2.05. The molecule has 0 saturated heterocycles. The molecule has 6 nitrogen and oxygen atoms in total. The first-order chi connectivity index (χ1) is 3.92. The lowest BCUT2D eigenvalue weighted by Crippen LogP contribution is -2.20. The van der Waals surface area contributed by atoms with Gasteiger partial charge in [0, 0.05) is 0 Å². The van der Waals surface area contributed by atoms with Crippen molar-refractivity contribution in [3.63, 3.8) is 0 Å². The first kappa shape index (κ1) is 8.34. The van der Waals surface area contributed by atoms with Crippen LogP contribution in [0.2, 0.25) is 0 Å². The van der Waals surface area contributed by atoms with Gasteiger partial charge in [-0.15, -0.1) is 0 Å². The zero-order valence-electron chi connectivity index (χ0n) is 4.27. The summed E-state index contributed by atoms with van der Waals surface area (Å²) in [4.78, 5) is 9.77. The van der Waals surface area contributed by atoms with E-state index in [1.165, 1.54) is 0 Å². The molecular weight excluding hydrogens is 150 g/mol. The molecule has 0 aliphatic carbocycles. The molecule has 0 heterocycles. The zero-order valence-corrected chi connectivity index (χ0v) is 5.09. The Morgan fingerprint density at radius 3 is 2.22 bits per heavy atom. The molecular formula is C2H5NO5S. The van der Waals surface area contributed by atoms with Crippen LogP contribution in [0.5, 0.6) is 0 Å². The van der Waals surface area contributed by atoms with Gasteiger partial charge in [0.05, 0.1) is 0 Å². The van der Waals surface area contributed by atoms with Crippen molar-refractivity contribution < 1.29 is 21.9 Å². The maximum atomic E-state index is 9.77. The van der Waals surface area contributed by atoms with Crippen molar-refractivity contribution in [1.82, 2.24) is 0 Å². The third-order valence-electron chi connectivity index (χ3n) is 0.350. The van der Waals surface area contributed by atoms with E-state index >= 15 is 0 Å². The van der Waals surface area contributed by atoms with Gasteiger partial charge in [-0.2, -0.15) is 8.42 Å². The number of amides is 1. The highest BCUT2D eigenvalue weighted by molar-refractivity contribution is 7.80. The fraction of sp³-hybridized carbons (Fsp3) is 0.500. The molecule has 7 heteroatoms. The van der Waals surface area contributed by atoms with E-state index < -0.39 is 22.9 Å². The van der Waals surface area contributed by atoms with Crippen molar-refractivity contribution in [1.29, 1.82) is 0 Å². The average Bonchev–Trinajstić information content (AvgIpc) is 1.59. The van der Waals surface area contributed by atoms with Crippen molar-refractivity contribution in [3.05, 3.63) is 0 Å². The first-order valence-electron chi connectivity index (χ1n) is 1.82. The second-order valence-electron chi connectivity index (χ2n) is 1.16. The molecule has 0 aromatic heterocycles. The Hall–Kier alpha value is -0.660. The smallest absolute Gasteiger partial charge is 0.368 e. The number of carbonyl (C=O) groups excluding carboxylic acids is 1. The van der Waals surface area contributed by atoms with E-state index in [9.17, 15) is 13.2 Å². The SMILES string of the molecule is NC(=O)COS(=O)(=O)O. The molecule has 0 atom stereocenters. The highest BCUT2D eigenvalue weighted by atomic mass is 32.3. The largest absolute Gasteiger partial charge is 0.397 e. The van der Waals surface area contributed by atoms with Crippen LogP contribution in [0, 0.1) is 0 Å². The monoisotopic (exact) mass is 155 g/mol. The minimum atomic E-state index is -4.52. The minimum Gasteiger partial charge on any atom is -0.368 e. The Kier molecular flexibility index (Phi) is 2.56. The molecule has 0 radical (unpaired) electrons. The lowest BCUT2D eigenvalue weighted by Gasteiger charge is -1.92. The number of nitrogens with two attached hydrogens (primary N) is 1. The predicted octanol–water partition coefficient (Wildman–Crippen LogP) is -1.71. The van der Waals surface area contributed by atoms with E-state index in [4.69, 9.17) is 4.55 Å². The van der Waals surface area contributed by atoms with Gasteiger partial charge in [0.1, 0.15) is 6.61 Å². The molecule has 0 rings (SSSR count). The van der Waals surface area contributed by atoms with Crippen LogP contribution in [0.1, 0.15) is 0 Å². The third kappa shape index (κ3) is 7.34. The van der Waals surface area contributed by atoms with E-state index in [0.29, 0.717) is 0 Å². The molecule has 0 aliphatic heterocycles. The molecule has 0 aromatic carbocycles. The number of rotatable bonds is 3. The predicted molar refractivity (Wildman–Crippen MR) is 26.7 cm³/mol. The van der Waals surface area contributed by atoms with Gasteiger partial charge in [-0.25, -0.2) is 4.18 Å². The molecule has 0 saturated carbocycles. The van der Waals surface area contributed by atoms with Crippen LogP contribution in [0.4, 0.5) is 0 Å².